The van der Waals surface area contributed by atoms with Crippen molar-refractivity contribution in [2.24, 2.45) is 0 Å². The first-order chi connectivity index (χ1) is 6.81. The summed E-state index contributed by atoms with van der Waals surface area (Å²) in [5.41, 5.74) is 7.07. The van der Waals surface area contributed by atoms with Crippen LogP contribution in [0.1, 0.15) is 6.92 Å². The second-order valence-corrected chi connectivity index (χ2v) is 2.85. The van der Waals surface area contributed by atoms with Gasteiger partial charge in [-0.25, -0.2) is 4.98 Å². The van der Waals surface area contributed by atoms with Crippen molar-refractivity contribution in [2.75, 3.05) is 12.3 Å². The molecule has 2 aromatic heterocycles. The minimum Gasteiger partial charge on any atom is -0.478 e. The van der Waals surface area contributed by atoms with E-state index in [4.69, 9.17) is 10.5 Å². The van der Waals surface area contributed by atoms with Gasteiger partial charge in [-0.2, -0.15) is 4.98 Å². The first-order valence-electron chi connectivity index (χ1n) is 4.45. The molecular formula is C10H11N3O. The molecule has 0 atom stereocenters. The number of ether oxygens (including phenoxy) is 1. The highest BCUT2D eigenvalue weighted by molar-refractivity contribution is 5.87. The number of hydrogen-bond acceptors (Lipinski definition) is 4. The summed E-state index contributed by atoms with van der Waals surface area (Å²) in [6.45, 7) is 2.51. The Kier molecular flexibility index (Phi) is 2.18. The Balaban J connectivity index is 2.56. The third kappa shape index (κ3) is 1.46. The summed E-state index contributed by atoms with van der Waals surface area (Å²) in [6, 6.07) is 5.42. The van der Waals surface area contributed by atoms with Gasteiger partial charge in [0, 0.05) is 23.3 Å². The molecule has 14 heavy (non-hydrogen) atoms. The number of hydrogen-bond donors (Lipinski definition) is 1. The van der Waals surface area contributed by atoms with E-state index in [1.165, 1.54) is 0 Å². The lowest BCUT2D eigenvalue weighted by molar-refractivity contribution is 0.328. The van der Waals surface area contributed by atoms with Crippen LogP contribution in [0.4, 0.5) is 5.69 Å². The van der Waals surface area contributed by atoms with Crippen LogP contribution in [0.5, 0.6) is 5.88 Å². The van der Waals surface area contributed by atoms with E-state index in [2.05, 4.69) is 9.97 Å². The fourth-order valence-electron chi connectivity index (χ4n) is 1.26. The molecule has 0 aliphatic heterocycles. The first-order valence-corrected chi connectivity index (χ1v) is 4.45. The molecule has 0 aliphatic rings. The van der Waals surface area contributed by atoms with Gasteiger partial charge in [-0.1, -0.05) is 0 Å². The molecule has 2 heterocycles. The standard InChI is InChI=1S/C10H11N3O/c1-2-14-9-4-3-7-8(11)5-6-12-10(7)13-9/h3-6H,2H2,1H3,(H2,11,12,13). The Morgan fingerprint density at radius 1 is 1.36 bits per heavy atom. The van der Waals surface area contributed by atoms with Gasteiger partial charge in [0.25, 0.3) is 0 Å². The quantitative estimate of drug-likeness (QED) is 0.779. The van der Waals surface area contributed by atoms with Crippen molar-refractivity contribution in [3.05, 3.63) is 24.4 Å². The smallest absolute Gasteiger partial charge is 0.215 e. The predicted octanol–water partition coefficient (Wildman–Crippen LogP) is 1.61. The highest BCUT2D eigenvalue weighted by atomic mass is 16.5. The zero-order chi connectivity index (χ0) is 9.97. The van der Waals surface area contributed by atoms with Crippen molar-refractivity contribution in [2.45, 2.75) is 6.92 Å². The number of anilines is 1. The van der Waals surface area contributed by atoms with Crippen molar-refractivity contribution >= 4 is 16.7 Å². The van der Waals surface area contributed by atoms with E-state index in [1.807, 2.05) is 13.0 Å². The Morgan fingerprint density at radius 3 is 3.00 bits per heavy atom. The number of rotatable bonds is 2. The summed E-state index contributed by atoms with van der Waals surface area (Å²) >= 11 is 0. The Morgan fingerprint density at radius 2 is 2.21 bits per heavy atom. The molecule has 0 aromatic carbocycles. The van der Waals surface area contributed by atoms with Crippen LogP contribution in [-0.4, -0.2) is 16.6 Å². The molecule has 0 aliphatic carbocycles. The Hall–Kier alpha value is -1.84. The average Bonchev–Trinajstić information content (AvgIpc) is 2.18. The second kappa shape index (κ2) is 3.49. The molecule has 2 rings (SSSR count). The summed E-state index contributed by atoms with van der Waals surface area (Å²) in [5, 5.41) is 0.857. The molecule has 0 radical (unpaired) electrons. The van der Waals surface area contributed by atoms with Crippen LogP contribution >= 0.6 is 0 Å². The van der Waals surface area contributed by atoms with Gasteiger partial charge >= 0.3 is 0 Å². The van der Waals surface area contributed by atoms with Crippen LogP contribution in [0.15, 0.2) is 24.4 Å². The van der Waals surface area contributed by atoms with Crippen LogP contribution in [0, 0.1) is 0 Å². The molecule has 4 heteroatoms. The van der Waals surface area contributed by atoms with E-state index in [0.717, 1.165) is 5.39 Å². The fourth-order valence-corrected chi connectivity index (χ4v) is 1.26. The molecular weight excluding hydrogens is 178 g/mol. The minimum absolute atomic E-state index is 0.582. The molecule has 72 valence electrons. The van der Waals surface area contributed by atoms with Gasteiger partial charge < -0.3 is 10.5 Å². The van der Waals surface area contributed by atoms with Crippen molar-refractivity contribution in [3.8, 4) is 5.88 Å². The molecule has 0 spiro atoms. The zero-order valence-electron chi connectivity index (χ0n) is 7.90. The van der Waals surface area contributed by atoms with Crippen molar-refractivity contribution in [3.63, 3.8) is 0 Å². The Labute approximate surface area is 81.7 Å². The summed E-state index contributed by atoms with van der Waals surface area (Å²) in [6.07, 6.45) is 1.64. The molecule has 0 unspecified atom stereocenters. The number of nitrogens with two attached hydrogens (primary N) is 1. The lowest BCUT2D eigenvalue weighted by atomic mass is 10.2. The number of pyridine rings is 2. The summed E-state index contributed by atoms with van der Waals surface area (Å²) < 4.78 is 5.26. The largest absolute Gasteiger partial charge is 0.478 e. The van der Waals surface area contributed by atoms with Gasteiger partial charge in [0.2, 0.25) is 5.88 Å². The van der Waals surface area contributed by atoms with E-state index >= 15 is 0 Å². The predicted molar refractivity (Wildman–Crippen MR) is 55.1 cm³/mol. The van der Waals surface area contributed by atoms with Crippen LogP contribution in [-0.2, 0) is 0 Å². The van der Waals surface area contributed by atoms with Gasteiger partial charge in [0.1, 0.15) is 0 Å². The second-order valence-electron chi connectivity index (χ2n) is 2.85. The highest BCUT2D eigenvalue weighted by Gasteiger charge is 2.01. The van der Waals surface area contributed by atoms with Crippen LogP contribution in [0.25, 0.3) is 11.0 Å². The van der Waals surface area contributed by atoms with Gasteiger partial charge in [0.15, 0.2) is 5.65 Å². The fraction of sp³-hybridized carbons (Fsp3) is 0.200. The van der Waals surface area contributed by atoms with E-state index in [0.29, 0.717) is 23.8 Å². The van der Waals surface area contributed by atoms with E-state index in [-0.39, 0.29) is 0 Å². The van der Waals surface area contributed by atoms with Crippen LogP contribution < -0.4 is 10.5 Å². The number of nitrogen functional groups attached to an aromatic ring is 1. The van der Waals surface area contributed by atoms with Crippen molar-refractivity contribution < 1.29 is 4.74 Å². The normalized spacial score (nSPS) is 10.4. The van der Waals surface area contributed by atoms with Gasteiger partial charge in [-0.05, 0) is 19.1 Å². The van der Waals surface area contributed by atoms with E-state index in [1.54, 1.807) is 18.3 Å². The van der Waals surface area contributed by atoms with Crippen LogP contribution in [0.3, 0.4) is 0 Å². The molecule has 0 bridgehead atoms. The molecule has 0 fully saturated rings. The van der Waals surface area contributed by atoms with Gasteiger partial charge in [0.05, 0.1) is 6.61 Å². The maximum Gasteiger partial charge on any atom is 0.215 e. The molecule has 2 N–H and O–H groups in total. The minimum atomic E-state index is 0.582. The van der Waals surface area contributed by atoms with E-state index in [9.17, 15) is 0 Å². The highest BCUT2D eigenvalue weighted by Crippen LogP contribution is 2.19. The van der Waals surface area contributed by atoms with E-state index < -0.39 is 0 Å². The van der Waals surface area contributed by atoms with Gasteiger partial charge in [-0.15, -0.1) is 0 Å². The monoisotopic (exact) mass is 189 g/mol. The number of nitrogens with zero attached hydrogens (tertiary/aromatic N) is 2. The van der Waals surface area contributed by atoms with Crippen molar-refractivity contribution in [1.82, 2.24) is 9.97 Å². The first kappa shape index (κ1) is 8.74. The molecule has 0 saturated heterocycles. The van der Waals surface area contributed by atoms with Gasteiger partial charge in [-0.3, -0.25) is 0 Å². The number of aromatic nitrogens is 2. The summed E-state index contributed by atoms with van der Waals surface area (Å²) in [5.74, 6) is 0.582. The molecule has 4 nitrogen and oxygen atoms in total. The maximum atomic E-state index is 5.76. The van der Waals surface area contributed by atoms with Crippen molar-refractivity contribution in [1.29, 1.82) is 0 Å². The summed E-state index contributed by atoms with van der Waals surface area (Å²) in [4.78, 5) is 8.33. The molecule has 0 amide bonds. The maximum absolute atomic E-state index is 5.76. The van der Waals surface area contributed by atoms with Crippen LogP contribution in [0.2, 0.25) is 0 Å². The SMILES string of the molecule is CCOc1ccc2c(N)ccnc2n1. The number of fused-ring (bicyclic) bond motifs is 1. The molecule has 2 aromatic rings. The topological polar surface area (TPSA) is 61.0 Å². The lowest BCUT2D eigenvalue weighted by Gasteiger charge is -2.03. The zero-order valence-corrected chi connectivity index (χ0v) is 7.90. The average molecular weight is 189 g/mol. The molecule has 0 saturated carbocycles. The Bertz CT molecular complexity index is 456. The third-order valence-corrected chi connectivity index (χ3v) is 1.90. The summed E-state index contributed by atoms with van der Waals surface area (Å²) in [7, 11) is 0. The third-order valence-electron chi connectivity index (χ3n) is 1.90. The lowest BCUT2D eigenvalue weighted by Crippen LogP contribution is -1.96.